The number of hydrogen-bond acceptors (Lipinski definition) is 4. The third-order valence-corrected chi connectivity index (χ3v) is 4.38. The van der Waals surface area contributed by atoms with E-state index in [0.717, 1.165) is 17.6 Å². The molecule has 0 spiro atoms. The maximum atomic E-state index is 11.7. The van der Waals surface area contributed by atoms with Crippen molar-refractivity contribution in [3.05, 3.63) is 39.1 Å². The summed E-state index contributed by atoms with van der Waals surface area (Å²) in [5.41, 5.74) is 3.37. The van der Waals surface area contributed by atoms with Gasteiger partial charge in [0.2, 0.25) is 0 Å². The monoisotopic (exact) mass is 386 g/mol. The standard InChI is InChI=1S/C15H13Cl3N4O2/c1-2-3-6-24-15(23)21-22-8-10(12(7-19)20-22)9-4-5-11(16)14(18)13(9)17/h4-5,8H,2-3,6H2,1H3,(H,21,23). The number of aromatic nitrogens is 2. The highest BCUT2D eigenvalue weighted by Gasteiger charge is 2.17. The second-order valence-corrected chi connectivity index (χ2v) is 5.94. The van der Waals surface area contributed by atoms with Gasteiger partial charge in [-0.05, 0) is 12.5 Å². The number of nitriles is 1. The molecule has 2 aromatic rings. The summed E-state index contributed by atoms with van der Waals surface area (Å²) in [6, 6.07) is 5.13. The Hall–Kier alpha value is -1.94. The van der Waals surface area contributed by atoms with Gasteiger partial charge >= 0.3 is 6.09 Å². The number of carbonyl (C=O) groups is 1. The molecule has 0 unspecified atom stereocenters. The van der Waals surface area contributed by atoms with Gasteiger partial charge in [0.15, 0.2) is 5.69 Å². The summed E-state index contributed by atoms with van der Waals surface area (Å²) in [5, 5.41) is 13.9. The number of hydrogen-bond donors (Lipinski definition) is 1. The highest BCUT2D eigenvalue weighted by Crippen LogP contribution is 2.38. The lowest BCUT2D eigenvalue weighted by Crippen LogP contribution is -2.24. The smallest absolute Gasteiger partial charge is 0.427 e. The van der Waals surface area contributed by atoms with Crippen LogP contribution in [0.1, 0.15) is 25.5 Å². The van der Waals surface area contributed by atoms with Gasteiger partial charge in [0.1, 0.15) is 6.07 Å². The molecule has 6 nitrogen and oxygen atoms in total. The zero-order chi connectivity index (χ0) is 17.7. The Morgan fingerprint density at radius 3 is 2.75 bits per heavy atom. The maximum absolute atomic E-state index is 11.7. The molecule has 0 radical (unpaired) electrons. The Bertz CT molecular complexity index is 799. The quantitative estimate of drug-likeness (QED) is 0.586. The largest absolute Gasteiger partial charge is 0.448 e. The first kappa shape index (κ1) is 18.4. The topological polar surface area (TPSA) is 79.9 Å². The van der Waals surface area contributed by atoms with Gasteiger partial charge in [-0.1, -0.05) is 54.2 Å². The van der Waals surface area contributed by atoms with Crippen LogP contribution in [-0.2, 0) is 4.74 Å². The van der Waals surface area contributed by atoms with E-state index in [0.29, 0.717) is 22.8 Å². The van der Waals surface area contributed by atoms with Crippen LogP contribution in [0, 0.1) is 11.3 Å². The first-order valence-corrected chi connectivity index (χ1v) is 8.18. The van der Waals surface area contributed by atoms with E-state index in [9.17, 15) is 10.1 Å². The molecule has 0 saturated carbocycles. The van der Waals surface area contributed by atoms with Gasteiger partial charge in [-0.25, -0.2) is 10.2 Å². The summed E-state index contributed by atoms with van der Waals surface area (Å²) in [6.07, 6.45) is 2.46. The van der Waals surface area contributed by atoms with Crippen LogP contribution >= 0.6 is 34.8 Å². The number of carbonyl (C=O) groups excluding carboxylic acids is 1. The fourth-order valence-electron chi connectivity index (χ4n) is 1.88. The predicted molar refractivity (Wildman–Crippen MR) is 93.0 cm³/mol. The number of nitrogens with zero attached hydrogens (tertiary/aromatic N) is 3. The number of ether oxygens (including phenoxy) is 1. The zero-order valence-corrected chi connectivity index (χ0v) is 14.9. The van der Waals surface area contributed by atoms with Crippen molar-refractivity contribution in [2.75, 3.05) is 12.0 Å². The van der Waals surface area contributed by atoms with E-state index < -0.39 is 6.09 Å². The van der Waals surface area contributed by atoms with Gasteiger partial charge in [0, 0.05) is 11.1 Å². The molecule has 2 rings (SSSR count). The Kier molecular flexibility index (Phi) is 6.32. The van der Waals surface area contributed by atoms with Crippen LogP contribution in [0.4, 0.5) is 4.79 Å². The second kappa shape index (κ2) is 8.25. The van der Waals surface area contributed by atoms with E-state index in [1.54, 1.807) is 12.1 Å². The van der Waals surface area contributed by atoms with Crippen LogP contribution in [0.25, 0.3) is 11.1 Å². The van der Waals surface area contributed by atoms with Crippen LogP contribution < -0.4 is 5.43 Å². The van der Waals surface area contributed by atoms with Crippen molar-refractivity contribution < 1.29 is 9.53 Å². The molecule has 0 aliphatic rings. The van der Waals surface area contributed by atoms with E-state index in [1.165, 1.54) is 6.20 Å². The molecule has 0 bridgehead atoms. The minimum atomic E-state index is -0.665. The molecule has 0 aliphatic carbocycles. The van der Waals surface area contributed by atoms with Crippen LogP contribution in [0.5, 0.6) is 0 Å². The van der Waals surface area contributed by atoms with Crippen molar-refractivity contribution in [3.63, 3.8) is 0 Å². The fourth-order valence-corrected chi connectivity index (χ4v) is 2.52. The maximum Gasteiger partial charge on any atom is 0.427 e. The molecule has 1 aromatic carbocycles. The van der Waals surface area contributed by atoms with Gasteiger partial charge in [-0.3, -0.25) is 0 Å². The molecule has 1 aromatic heterocycles. The van der Waals surface area contributed by atoms with Crippen LogP contribution in [0.15, 0.2) is 18.3 Å². The van der Waals surface area contributed by atoms with Gasteiger partial charge in [0.05, 0.1) is 27.9 Å². The minimum absolute atomic E-state index is 0.0733. The number of unbranched alkanes of at least 4 members (excludes halogenated alkanes) is 1. The van der Waals surface area contributed by atoms with E-state index in [1.807, 2.05) is 13.0 Å². The van der Waals surface area contributed by atoms with E-state index >= 15 is 0 Å². The summed E-state index contributed by atoms with van der Waals surface area (Å²) in [7, 11) is 0. The molecule has 0 aliphatic heterocycles. The highest BCUT2D eigenvalue weighted by atomic mass is 35.5. The number of amides is 1. The van der Waals surface area contributed by atoms with Gasteiger partial charge in [-0.2, -0.15) is 10.1 Å². The number of halogens is 3. The second-order valence-electron chi connectivity index (χ2n) is 4.77. The minimum Gasteiger partial charge on any atom is -0.448 e. The normalized spacial score (nSPS) is 10.3. The average Bonchev–Trinajstić information content (AvgIpc) is 2.95. The summed E-state index contributed by atoms with van der Waals surface area (Å²) in [5.74, 6) is 0. The molecule has 1 heterocycles. The third kappa shape index (κ3) is 4.12. The first-order chi connectivity index (χ1) is 11.5. The van der Waals surface area contributed by atoms with Crippen molar-refractivity contribution in [1.82, 2.24) is 9.89 Å². The van der Waals surface area contributed by atoms with Crippen molar-refractivity contribution in [2.45, 2.75) is 19.8 Å². The SMILES string of the molecule is CCCCOC(=O)Nn1cc(-c2ccc(Cl)c(Cl)c2Cl)c(C#N)n1. The van der Waals surface area contributed by atoms with Crippen LogP contribution in [0.3, 0.4) is 0 Å². The van der Waals surface area contributed by atoms with Crippen LogP contribution in [0.2, 0.25) is 15.1 Å². The molecule has 0 atom stereocenters. The van der Waals surface area contributed by atoms with E-state index in [4.69, 9.17) is 39.5 Å². The molecule has 1 amide bonds. The predicted octanol–water partition coefficient (Wildman–Crippen LogP) is 4.86. The lowest BCUT2D eigenvalue weighted by atomic mass is 10.1. The van der Waals surface area contributed by atoms with Gasteiger partial charge < -0.3 is 4.74 Å². The Labute approximate surface area is 153 Å². The third-order valence-electron chi connectivity index (χ3n) is 3.08. The molecule has 126 valence electrons. The average molecular weight is 388 g/mol. The van der Waals surface area contributed by atoms with E-state index in [2.05, 4.69) is 10.5 Å². The molecule has 0 saturated heterocycles. The highest BCUT2D eigenvalue weighted by molar-refractivity contribution is 6.49. The molecule has 1 N–H and O–H groups in total. The van der Waals surface area contributed by atoms with E-state index in [-0.39, 0.29) is 15.7 Å². The molecular formula is C15H13Cl3N4O2. The summed E-state index contributed by atoms with van der Waals surface area (Å²) in [6.45, 7) is 2.29. The van der Waals surface area contributed by atoms with Crippen molar-refractivity contribution in [3.8, 4) is 17.2 Å². The Balaban J connectivity index is 2.27. The molecule has 0 fully saturated rings. The van der Waals surface area contributed by atoms with Crippen molar-refractivity contribution in [2.24, 2.45) is 0 Å². The van der Waals surface area contributed by atoms with Gasteiger partial charge in [-0.15, -0.1) is 5.10 Å². The number of benzene rings is 1. The summed E-state index contributed by atoms with van der Waals surface area (Å²) < 4.78 is 4.98. The fraction of sp³-hybridized carbons (Fsp3) is 0.267. The van der Waals surface area contributed by atoms with Crippen molar-refractivity contribution in [1.29, 1.82) is 5.26 Å². The lowest BCUT2D eigenvalue weighted by Gasteiger charge is -2.06. The lowest BCUT2D eigenvalue weighted by molar-refractivity contribution is 0.156. The van der Waals surface area contributed by atoms with Crippen LogP contribution in [-0.4, -0.2) is 22.6 Å². The molecular weight excluding hydrogens is 375 g/mol. The Morgan fingerprint density at radius 2 is 2.08 bits per heavy atom. The molecule has 24 heavy (non-hydrogen) atoms. The van der Waals surface area contributed by atoms with Crippen molar-refractivity contribution >= 4 is 40.9 Å². The first-order valence-electron chi connectivity index (χ1n) is 7.05. The number of rotatable bonds is 5. The van der Waals surface area contributed by atoms with Gasteiger partial charge in [0.25, 0.3) is 0 Å². The Morgan fingerprint density at radius 1 is 1.33 bits per heavy atom. The summed E-state index contributed by atoms with van der Waals surface area (Å²) >= 11 is 18.1. The summed E-state index contributed by atoms with van der Waals surface area (Å²) in [4.78, 5) is 12.8. The zero-order valence-electron chi connectivity index (χ0n) is 12.6. The number of nitrogens with one attached hydrogen (secondary N) is 1. The molecule has 9 heteroatoms.